The van der Waals surface area contributed by atoms with Crippen molar-refractivity contribution in [3.8, 4) is 22.9 Å². The lowest BCUT2D eigenvalue weighted by Gasteiger charge is -2.16. The summed E-state index contributed by atoms with van der Waals surface area (Å²) in [4.78, 5) is 32.4. The first-order chi connectivity index (χ1) is 18.5. The molecule has 0 spiro atoms. The summed E-state index contributed by atoms with van der Waals surface area (Å²) in [6.45, 7) is 2.78. The van der Waals surface area contributed by atoms with E-state index in [1.165, 1.54) is 16.7 Å². The van der Waals surface area contributed by atoms with E-state index in [2.05, 4.69) is 13.0 Å². The van der Waals surface area contributed by atoms with Crippen molar-refractivity contribution in [2.24, 2.45) is 0 Å². The van der Waals surface area contributed by atoms with E-state index in [0.717, 1.165) is 48.9 Å². The van der Waals surface area contributed by atoms with Crippen LogP contribution in [0.5, 0.6) is 5.75 Å². The topological polar surface area (TPSA) is 83.3 Å². The fraction of sp³-hybridized carbons (Fsp3) is 0.333. The van der Waals surface area contributed by atoms with E-state index in [1.807, 2.05) is 18.2 Å². The number of ether oxygens (including phenoxy) is 1. The number of carbonyl (C=O) groups excluding carboxylic acids is 2. The first-order valence-corrected chi connectivity index (χ1v) is 14.2. The largest absolute Gasteiger partial charge is 0.494 e. The van der Waals surface area contributed by atoms with Gasteiger partial charge in [0.05, 0.1) is 23.1 Å². The maximum absolute atomic E-state index is 13.4. The number of pyridine rings is 1. The predicted octanol–water partition coefficient (Wildman–Crippen LogP) is 7.14. The van der Waals surface area contributed by atoms with Gasteiger partial charge < -0.3 is 4.74 Å². The number of unbranched alkanes of at least 4 members (excludes halogenated alkanes) is 2. The summed E-state index contributed by atoms with van der Waals surface area (Å²) in [5.74, 6) is 0.503. The maximum Gasteiger partial charge on any atom is 0.247 e. The number of amides is 2. The van der Waals surface area contributed by atoms with Crippen molar-refractivity contribution in [3.63, 3.8) is 0 Å². The average Bonchev–Trinajstić information content (AvgIpc) is 3.73. The first-order valence-electron chi connectivity index (χ1n) is 13.0. The van der Waals surface area contributed by atoms with Crippen molar-refractivity contribution in [3.05, 3.63) is 70.9 Å². The smallest absolute Gasteiger partial charge is 0.247 e. The zero-order valence-electron chi connectivity index (χ0n) is 21.2. The molecule has 2 fully saturated rings. The minimum Gasteiger partial charge on any atom is -0.494 e. The molecule has 194 valence electrons. The van der Waals surface area contributed by atoms with Gasteiger partial charge in [-0.3, -0.25) is 9.59 Å². The predicted molar refractivity (Wildman–Crippen MR) is 150 cm³/mol. The molecular weight excluding hydrogens is 518 g/mol. The van der Waals surface area contributed by atoms with Gasteiger partial charge in [0.2, 0.25) is 11.8 Å². The Morgan fingerprint density at radius 1 is 1.11 bits per heavy atom. The van der Waals surface area contributed by atoms with Crippen molar-refractivity contribution in [2.75, 3.05) is 11.5 Å². The lowest BCUT2D eigenvalue weighted by Crippen LogP contribution is -2.31. The van der Waals surface area contributed by atoms with Crippen LogP contribution in [-0.2, 0) is 9.59 Å². The molecule has 1 saturated carbocycles. The van der Waals surface area contributed by atoms with E-state index in [-0.39, 0.29) is 18.2 Å². The second-order valence-electron chi connectivity index (χ2n) is 9.60. The van der Waals surface area contributed by atoms with Gasteiger partial charge in [-0.15, -0.1) is 0 Å². The molecule has 0 unspecified atom stereocenters. The van der Waals surface area contributed by atoms with Crippen molar-refractivity contribution in [1.82, 2.24) is 4.98 Å². The molecule has 3 aromatic rings. The van der Waals surface area contributed by atoms with E-state index >= 15 is 0 Å². The summed E-state index contributed by atoms with van der Waals surface area (Å²) < 4.78 is 5.76. The highest BCUT2D eigenvalue weighted by Crippen LogP contribution is 2.44. The van der Waals surface area contributed by atoms with E-state index < -0.39 is 5.25 Å². The Morgan fingerprint density at radius 2 is 1.84 bits per heavy atom. The number of aromatic nitrogens is 1. The molecule has 5 rings (SSSR count). The standard InChI is InChI=1S/C30H28ClN3O3S/c1-2-3-4-15-37-23-13-11-22(12-14-23)34-28(35)17-27(30(34)36)38-29-25(18-32)24(16-26(33-29)20-5-6-20)19-7-9-21(31)10-8-19/h7-14,16,20,27H,2-6,15,17H2,1H3/t27-/m0/s1. The highest BCUT2D eigenvalue weighted by atomic mass is 35.5. The molecular formula is C30H28ClN3O3S. The summed E-state index contributed by atoms with van der Waals surface area (Å²) in [5.41, 5.74) is 3.48. The number of anilines is 1. The van der Waals surface area contributed by atoms with Gasteiger partial charge in [0.15, 0.2) is 0 Å². The third-order valence-electron chi connectivity index (χ3n) is 6.74. The lowest BCUT2D eigenvalue weighted by molar-refractivity contribution is -0.121. The van der Waals surface area contributed by atoms with Gasteiger partial charge in [-0.2, -0.15) is 5.26 Å². The Labute approximate surface area is 232 Å². The molecule has 6 nitrogen and oxygen atoms in total. The van der Waals surface area contributed by atoms with Crippen molar-refractivity contribution >= 4 is 40.9 Å². The molecule has 2 aliphatic rings. The molecule has 8 heteroatoms. The fourth-order valence-corrected chi connectivity index (χ4v) is 5.77. The van der Waals surface area contributed by atoms with Crippen LogP contribution in [0.2, 0.25) is 5.02 Å². The number of imide groups is 1. The minimum absolute atomic E-state index is 0.0508. The van der Waals surface area contributed by atoms with Crippen LogP contribution in [0.3, 0.4) is 0 Å². The van der Waals surface area contributed by atoms with E-state index in [4.69, 9.17) is 21.3 Å². The zero-order chi connectivity index (χ0) is 26.6. The normalized spacial score (nSPS) is 17.1. The Hall–Kier alpha value is -3.34. The number of nitriles is 1. The third-order valence-corrected chi connectivity index (χ3v) is 8.16. The Balaban J connectivity index is 1.38. The van der Waals surface area contributed by atoms with E-state index in [1.54, 1.807) is 36.4 Å². The molecule has 1 aliphatic carbocycles. The zero-order valence-corrected chi connectivity index (χ0v) is 22.7. The van der Waals surface area contributed by atoms with Gasteiger partial charge in [0.1, 0.15) is 16.8 Å². The molecule has 1 aliphatic heterocycles. The van der Waals surface area contributed by atoms with Gasteiger partial charge in [0.25, 0.3) is 0 Å². The second-order valence-corrected chi connectivity index (χ2v) is 11.2. The highest BCUT2D eigenvalue weighted by molar-refractivity contribution is 8.00. The van der Waals surface area contributed by atoms with Crippen molar-refractivity contribution < 1.29 is 14.3 Å². The fourth-order valence-electron chi connectivity index (χ4n) is 4.52. The van der Waals surface area contributed by atoms with Crippen molar-refractivity contribution in [1.29, 1.82) is 5.26 Å². The Kier molecular flexibility index (Phi) is 8.01. The third kappa shape index (κ3) is 5.72. The number of hydrogen-bond acceptors (Lipinski definition) is 6. The average molecular weight is 546 g/mol. The first kappa shape index (κ1) is 26.3. The monoisotopic (exact) mass is 545 g/mol. The summed E-state index contributed by atoms with van der Waals surface area (Å²) in [7, 11) is 0. The number of halogens is 1. The van der Waals surface area contributed by atoms with Gasteiger partial charge in [0, 0.05) is 28.6 Å². The highest BCUT2D eigenvalue weighted by Gasteiger charge is 2.41. The molecule has 38 heavy (non-hydrogen) atoms. The van der Waals surface area contributed by atoms with Crippen LogP contribution in [0, 0.1) is 11.3 Å². The number of rotatable bonds is 10. The van der Waals surface area contributed by atoms with Crippen LogP contribution in [0.4, 0.5) is 5.69 Å². The summed E-state index contributed by atoms with van der Waals surface area (Å²) in [6.07, 6.45) is 5.38. The number of hydrogen-bond donors (Lipinski definition) is 0. The Bertz CT molecular complexity index is 1380. The van der Waals surface area contributed by atoms with Gasteiger partial charge in [-0.05, 0) is 67.3 Å². The molecule has 1 saturated heterocycles. The molecule has 1 aromatic heterocycles. The van der Waals surface area contributed by atoms with Gasteiger partial charge in [-0.1, -0.05) is 55.3 Å². The number of nitrogens with zero attached hydrogens (tertiary/aromatic N) is 3. The van der Waals surface area contributed by atoms with Crippen LogP contribution >= 0.6 is 23.4 Å². The van der Waals surface area contributed by atoms with Crippen LogP contribution in [-0.4, -0.2) is 28.7 Å². The summed E-state index contributed by atoms with van der Waals surface area (Å²) in [6, 6.07) is 18.7. The molecule has 2 aromatic carbocycles. The summed E-state index contributed by atoms with van der Waals surface area (Å²) in [5, 5.41) is 10.5. The molecule has 1 atom stereocenters. The quantitative estimate of drug-likeness (QED) is 0.199. The Morgan fingerprint density at radius 3 is 2.50 bits per heavy atom. The molecule has 0 bridgehead atoms. The summed E-state index contributed by atoms with van der Waals surface area (Å²) >= 11 is 7.29. The molecule has 2 amide bonds. The van der Waals surface area contributed by atoms with Crippen LogP contribution in [0.25, 0.3) is 11.1 Å². The maximum atomic E-state index is 13.4. The number of benzene rings is 2. The second kappa shape index (κ2) is 11.6. The van der Waals surface area contributed by atoms with Crippen LogP contribution in [0.1, 0.15) is 62.6 Å². The lowest BCUT2D eigenvalue weighted by atomic mass is 10.0. The SMILES string of the molecule is CCCCCOc1ccc(N2C(=O)C[C@H](Sc3nc(C4CC4)cc(-c4ccc(Cl)cc4)c3C#N)C2=O)cc1. The van der Waals surface area contributed by atoms with E-state index in [9.17, 15) is 14.9 Å². The molecule has 0 N–H and O–H groups in total. The number of thioether (sulfide) groups is 1. The van der Waals surface area contributed by atoms with Gasteiger partial charge in [-0.25, -0.2) is 9.88 Å². The minimum atomic E-state index is -0.653. The van der Waals surface area contributed by atoms with Crippen LogP contribution < -0.4 is 9.64 Å². The van der Waals surface area contributed by atoms with Crippen molar-refractivity contribution in [2.45, 2.75) is 61.6 Å². The molecule has 2 heterocycles. The number of carbonyl (C=O) groups is 2. The van der Waals surface area contributed by atoms with Crippen LogP contribution in [0.15, 0.2) is 59.6 Å². The molecule has 0 radical (unpaired) electrons. The van der Waals surface area contributed by atoms with Gasteiger partial charge >= 0.3 is 0 Å². The van der Waals surface area contributed by atoms with E-state index in [0.29, 0.717) is 39.6 Å².